The summed E-state index contributed by atoms with van der Waals surface area (Å²) in [5.74, 6) is 0.0803. The number of rotatable bonds is 4. The lowest BCUT2D eigenvalue weighted by Gasteiger charge is -2.12. The highest BCUT2D eigenvalue weighted by atomic mass is 79.9. The zero-order valence-electron chi connectivity index (χ0n) is 9.50. The first-order valence-corrected chi connectivity index (χ1v) is 6.92. The molecule has 0 N–H and O–H groups in total. The first kappa shape index (κ1) is 13.4. The van der Waals surface area contributed by atoms with Crippen LogP contribution in [0.2, 0.25) is 5.02 Å². The van der Waals surface area contributed by atoms with Crippen LogP contribution in [-0.4, -0.2) is 0 Å². The van der Waals surface area contributed by atoms with E-state index >= 15 is 0 Å². The van der Waals surface area contributed by atoms with Gasteiger partial charge >= 0.3 is 0 Å². The average molecular weight is 330 g/mol. The standard InChI is InChI=1S/C14H11BrClFO/c15-8-11-13(17)7-6-12(16)14(11)18-9-10-4-2-1-3-5-10/h1-7H,8-9H2. The molecule has 0 unspecified atom stereocenters. The van der Waals surface area contributed by atoms with Gasteiger partial charge in [0.1, 0.15) is 18.2 Å². The topological polar surface area (TPSA) is 9.23 Å². The number of benzene rings is 2. The van der Waals surface area contributed by atoms with Crippen LogP contribution in [0.15, 0.2) is 42.5 Å². The third-order valence-corrected chi connectivity index (χ3v) is 3.37. The van der Waals surface area contributed by atoms with Crippen LogP contribution in [0.4, 0.5) is 4.39 Å². The van der Waals surface area contributed by atoms with E-state index in [9.17, 15) is 4.39 Å². The van der Waals surface area contributed by atoms with Gasteiger partial charge in [-0.1, -0.05) is 57.9 Å². The molecule has 0 radical (unpaired) electrons. The van der Waals surface area contributed by atoms with E-state index in [2.05, 4.69) is 15.9 Å². The van der Waals surface area contributed by atoms with Crippen molar-refractivity contribution in [2.45, 2.75) is 11.9 Å². The normalized spacial score (nSPS) is 10.4. The highest BCUT2D eigenvalue weighted by Gasteiger charge is 2.13. The molecule has 0 aliphatic rings. The van der Waals surface area contributed by atoms with E-state index in [1.54, 1.807) is 0 Å². The van der Waals surface area contributed by atoms with Gasteiger partial charge in [0.2, 0.25) is 0 Å². The van der Waals surface area contributed by atoms with Crippen LogP contribution in [0.25, 0.3) is 0 Å². The second-order valence-electron chi connectivity index (χ2n) is 3.74. The van der Waals surface area contributed by atoms with E-state index in [0.29, 0.717) is 28.3 Å². The van der Waals surface area contributed by atoms with Gasteiger partial charge in [-0.3, -0.25) is 0 Å². The highest BCUT2D eigenvalue weighted by molar-refractivity contribution is 9.08. The van der Waals surface area contributed by atoms with E-state index in [1.807, 2.05) is 30.3 Å². The number of halogens is 3. The Morgan fingerprint density at radius 3 is 2.50 bits per heavy atom. The number of ether oxygens (including phenoxy) is 1. The minimum Gasteiger partial charge on any atom is -0.487 e. The molecule has 2 rings (SSSR count). The minimum absolute atomic E-state index is 0.320. The molecule has 2 aromatic rings. The van der Waals surface area contributed by atoms with Gasteiger partial charge in [-0.2, -0.15) is 0 Å². The van der Waals surface area contributed by atoms with E-state index in [-0.39, 0.29) is 5.82 Å². The summed E-state index contributed by atoms with van der Waals surface area (Å²) in [5, 5.41) is 0.783. The quantitative estimate of drug-likeness (QED) is 0.721. The zero-order chi connectivity index (χ0) is 13.0. The lowest BCUT2D eigenvalue weighted by molar-refractivity contribution is 0.302. The first-order valence-electron chi connectivity index (χ1n) is 5.42. The fourth-order valence-electron chi connectivity index (χ4n) is 1.59. The molecule has 0 saturated carbocycles. The smallest absolute Gasteiger partial charge is 0.145 e. The van der Waals surface area contributed by atoms with Gasteiger partial charge in [0, 0.05) is 10.9 Å². The van der Waals surface area contributed by atoms with Gasteiger partial charge in [-0.25, -0.2) is 4.39 Å². The van der Waals surface area contributed by atoms with Crippen molar-refractivity contribution < 1.29 is 9.13 Å². The predicted molar refractivity (Wildman–Crippen MR) is 74.8 cm³/mol. The Bertz CT molecular complexity index is 531. The molecule has 2 aromatic carbocycles. The molecule has 0 amide bonds. The van der Waals surface area contributed by atoms with Crippen molar-refractivity contribution >= 4 is 27.5 Å². The summed E-state index contributed by atoms with van der Waals surface area (Å²) in [7, 11) is 0. The van der Waals surface area contributed by atoms with Gasteiger partial charge in [-0.05, 0) is 17.7 Å². The molecule has 4 heteroatoms. The van der Waals surface area contributed by atoms with Gasteiger partial charge in [-0.15, -0.1) is 0 Å². The Balaban J connectivity index is 2.21. The second kappa shape index (κ2) is 6.21. The maximum atomic E-state index is 13.6. The summed E-state index contributed by atoms with van der Waals surface area (Å²) in [4.78, 5) is 0. The fourth-order valence-corrected chi connectivity index (χ4v) is 2.34. The summed E-state index contributed by atoms with van der Waals surface area (Å²) in [5.41, 5.74) is 1.46. The first-order chi connectivity index (χ1) is 8.72. The van der Waals surface area contributed by atoms with Crippen molar-refractivity contribution in [2.75, 3.05) is 0 Å². The zero-order valence-corrected chi connectivity index (χ0v) is 11.8. The van der Waals surface area contributed by atoms with E-state index in [0.717, 1.165) is 5.56 Å². The van der Waals surface area contributed by atoms with Crippen molar-refractivity contribution in [1.29, 1.82) is 0 Å². The van der Waals surface area contributed by atoms with Crippen LogP contribution in [0.5, 0.6) is 5.75 Å². The molecule has 0 bridgehead atoms. The van der Waals surface area contributed by atoms with E-state index in [1.165, 1.54) is 12.1 Å². The SMILES string of the molecule is Fc1ccc(Cl)c(OCc2ccccc2)c1CBr. The molecule has 18 heavy (non-hydrogen) atoms. The van der Waals surface area contributed by atoms with E-state index < -0.39 is 0 Å². The Morgan fingerprint density at radius 1 is 1.11 bits per heavy atom. The van der Waals surface area contributed by atoms with Crippen LogP contribution in [0.3, 0.4) is 0 Å². The Labute approximate surface area is 119 Å². The van der Waals surface area contributed by atoms with Crippen molar-refractivity contribution in [3.8, 4) is 5.75 Å². The average Bonchev–Trinajstić information content (AvgIpc) is 2.41. The van der Waals surface area contributed by atoms with Gasteiger partial charge in [0.25, 0.3) is 0 Å². The Kier molecular flexibility index (Phi) is 4.61. The summed E-state index contributed by atoms with van der Waals surface area (Å²) >= 11 is 9.27. The van der Waals surface area contributed by atoms with Crippen LogP contribution in [0.1, 0.15) is 11.1 Å². The maximum Gasteiger partial charge on any atom is 0.145 e. The van der Waals surface area contributed by atoms with Crippen LogP contribution in [0, 0.1) is 5.82 Å². The second-order valence-corrected chi connectivity index (χ2v) is 4.71. The molecule has 0 spiro atoms. The lowest BCUT2D eigenvalue weighted by atomic mass is 10.2. The molecule has 0 aliphatic heterocycles. The number of hydrogen-bond donors (Lipinski definition) is 0. The predicted octanol–water partition coefficient (Wildman–Crippen LogP) is 4.95. The number of alkyl halides is 1. The molecule has 0 heterocycles. The van der Waals surface area contributed by atoms with Crippen LogP contribution < -0.4 is 4.74 Å². The lowest BCUT2D eigenvalue weighted by Crippen LogP contribution is -2.00. The van der Waals surface area contributed by atoms with Gasteiger partial charge in [0.05, 0.1) is 5.02 Å². The molecular formula is C14H11BrClFO. The summed E-state index contributed by atoms with van der Waals surface area (Å²) in [6.45, 7) is 0.365. The van der Waals surface area contributed by atoms with Crippen molar-refractivity contribution in [3.05, 3.63) is 64.4 Å². The van der Waals surface area contributed by atoms with Gasteiger partial charge < -0.3 is 4.74 Å². The summed E-state index contributed by atoms with van der Waals surface area (Å²) in [6.07, 6.45) is 0. The third-order valence-electron chi connectivity index (χ3n) is 2.51. The monoisotopic (exact) mass is 328 g/mol. The molecule has 1 nitrogen and oxygen atoms in total. The molecule has 0 saturated heterocycles. The Hall–Kier alpha value is -1.06. The van der Waals surface area contributed by atoms with Gasteiger partial charge in [0.15, 0.2) is 0 Å². The van der Waals surface area contributed by atoms with Crippen molar-refractivity contribution in [2.24, 2.45) is 0 Å². The molecule has 94 valence electrons. The fraction of sp³-hybridized carbons (Fsp3) is 0.143. The number of hydrogen-bond acceptors (Lipinski definition) is 1. The molecule has 0 atom stereocenters. The van der Waals surface area contributed by atoms with Crippen LogP contribution >= 0.6 is 27.5 Å². The molecule has 0 fully saturated rings. The summed E-state index contributed by atoms with van der Waals surface area (Å²) < 4.78 is 19.2. The largest absolute Gasteiger partial charge is 0.487 e. The summed E-state index contributed by atoms with van der Waals surface area (Å²) in [6, 6.07) is 12.5. The highest BCUT2D eigenvalue weighted by Crippen LogP contribution is 2.32. The molecule has 0 aliphatic carbocycles. The third kappa shape index (κ3) is 3.03. The maximum absolute atomic E-state index is 13.6. The minimum atomic E-state index is -0.320. The van der Waals surface area contributed by atoms with Crippen molar-refractivity contribution in [3.63, 3.8) is 0 Å². The van der Waals surface area contributed by atoms with E-state index in [4.69, 9.17) is 16.3 Å². The van der Waals surface area contributed by atoms with Crippen LogP contribution in [-0.2, 0) is 11.9 Å². The molecule has 0 aromatic heterocycles. The molecular weight excluding hydrogens is 319 g/mol. The Morgan fingerprint density at radius 2 is 1.83 bits per heavy atom. The van der Waals surface area contributed by atoms with Crippen molar-refractivity contribution in [1.82, 2.24) is 0 Å².